The molecule has 0 saturated carbocycles. The van der Waals surface area contributed by atoms with Crippen LogP contribution in [0.2, 0.25) is 0 Å². The highest BCUT2D eigenvalue weighted by atomic mass is 32.2. The molecule has 0 amide bonds. The monoisotopic (exact) mass is 317 g/mol. The van der Waals surface area contributed by atoms with Crippen LogP contribution in [-0.2, 0) is 9.84 Å². The Morgan fingerprint density at radius 3 is 2.82 bits per heavy atom. The van der Waals surface area contributed by atoms with Crippen molar-refractivity contribution in [1.29, 1.82) is 0 Å². The zero-order chi connectivity index (χ0) is 15.5. The van der Waals surface area contributed by atoms with Crippen LogP contribution < -0.4 is 5.43 Å². The summed E-state index contributed by atoms with van der Waals surface area (Å²) in [5, 5.41) is 5.61. The summed E-state index contributed by atoms with van der Waals surface area (Å²) in [6.45, 7) is 1.78. The first-order valence-corrected chi connectivity index (χ1v) is 8.99. The smallest absolute Gasteiger partial charge is 0.200 e. The topological polar surface area (TPSA) is 84.8 Å². The van der Waals surface area contributed by atoms with E-state index in [4.69, 9.17) is 0 Å². The van der Waals surface area contributed by atoms with Gasteiger partial charge in [0.05, 0.1) is 34.1 Å². The van der Waals surface area contributed by atoms with E-state index in [1.165, 1.54) is 0 Å². The van der Waals surface area contributed by atoms with Crippen molar-refractivity contribution in [3.8, 4) is 0 Å². The minimum absolute atomic E-state index is 0.0612. The summed E-state index contributed by atoms with van der Waals surface area (Å²) < 4.78 is 25.1. The number of hydrogen-bond acceptors (Lipinski definition) is 4. The van der Waals surface area contributed by atoms with Gasteiger partial charge in [0.15, 0.2) is 9.84 Å². The van der Waals surface area contributed by atoms with Gasteiger partial charge in [0.25, 0.3) is 0 Å². The van der Waals surface area contributed by atoms with Gasteiger partial charge >= 0.3 is 0 Å². The van der Waals surface area contributed by atoms with Gasteiger partial charge in [-0.3, -0.25) is 4.79 Å². The standard InChI is InChI=1S/C15H15N3O3S/c1-9-13-14(19)11-4-2-3-5-12(11)16-15(13)18(17-9)10-6-7-22(20,21)8-10/h2-5,10H,6-8H2,1H3,(H,16,19)/t10-/m0/s1. The van der Waals surface area contributed by atoms with E-state index in [1.807, 2.05) is 18.2 Å². The Balaban J connectivity index is 2.04. The van der Waals surface area contributed by atoms with Crippen molar-refractivity contribution < 1.29 is 8.42 Å². The molecule has 3 aromatic rings. The van der Waals surface area contributed by atoms with Crippen molar-refractivity contribution >= 4 is 31.8 Å². The third-order valence-electron chi connectivity index (χ3n) is 4.29. The van der Waals surface area contributed by atoms with Crippen LogP contribution in [0.15, 0.2) is 29.1 Å². The van der Waals surface area contributed by atoms with Crippen molar-refractivity contribution in [2.24, 2.45) is 0 Å². The van der Waals surface area contributed by atoms with Crippen LogP contribution in [0.3, 0.4) is 0 Å². The molecule has 1 atom stereocenters. The van der Waals surface area contributed by atoms with Crippen molar-refractivity contribution in [3.05, 3.63) is 40.2 Å². The first-order chi connectivity index (χ1) is 10.5. The van der Waals surface area contributed by atoms with Crippen LogP contribution in [0, 0.1) is 6.92 Å². The van der Waals surface area contributed by atoms with Crippen LogP contribution >= 0.6 is 0 Å². The van der Waals surface area contributed by atoms with Gasteiger partial charge < -0.3 is 4.98 Å². The maximum atomic E-state index is 12.7. The van der Waals surface area contributed by atoms with Gasteiger partial charge in [-0.1, -0.05) is 12.1 Å². The molecular weight excluding hydrogens is 302 g/mol. The summed E-state index contributed by atoms with van der Waals surface area (Å²) in [5.41, 5.74) is 1.92. The average Bonchev–Trinajstić information content (AvgIpc) is 2.99. The Bertz CT molecular complexity index is 1060. The molecule has 114 valence electrons. The zero-order valence-corrected chi connectivity index (χ0v) is 12.9. The van der Waals surface area contributed by atoms with Crippen molar-refractivity contribution in [3.63, 3.8) is 0 Å². The van der Waals surface area contributed by atoms with E-state index < -0.39 is 9.84 Å². The van der Waals surface area contributed by atoms with Crippen molar-refractivity contribution in [2.75, 3.05) is 11.5 Å². The van der Waals surface area contributed by atoms with E-state index in [1.54, 1.807) is 17.7 Å². The van der Waals surface area contributed by atoms with Gasteiger partial charge in [0.2, 0.25) is 5.43 Å². The average molecular weight is 317 g/mol. The number of benzene rings is 1. The third-order valence-corrected chi connectivity index (χ3v) is 6.04. The Morgan fingerprint density at radius 2 is 2.09 bits per heavy atom. The van der Waals surface area contributed by atoms with Crippen LogP contribution in [0.5, 0.6) is 0 Å². The maximum Gasteiger partial charge on any atom is 0.200 e. The number of sulfone groups is 1. The molecule has 0 spiro atoms. The van der Waals surface area contributed by atoms with E-state index in [0.29, 0.717) is 28.5 Å². The Morgan fingerprint density at radius 1 is 1.32 bits per heavy atom. The predicted octanol–water partition coefficient (Wildman–Crippen LogP) is 1.55. The molecule has 1 aromatic carbocycles. The van der Waals surface area contributed by atoms with Gasteiger partial charge in [-0.05, 0) is 25.5 Å². The fourth-order valence-electron chi connectivity index (χ4n) is 3.22. The van der Waals surface area contributed by atoms with E-state index in [-0.39, 0.29) is 23.0 Å². The SMILES string of the molecule is Cc1nn([C@H]2CCS(=O)(=O)C2)c2[nH]c3ccccc3c(=O)c12. The highest BCUT2D eigenvalue weighted by Gasteiger charge is 2.31. The summed E-state index contributed by atoms with van der Waals surface area (Å²) in [4.78, 5) is 15.9. The number of rotatable bonds is 1. The number of fused-ring (bicyclic) bond motifs is 2. The summed E-state index contributed by atoms with van der Waals surface area (Å²) in [6, 6.07) is 7.10. The highest BCUT2D eigenvalue weighted by Crippen LogP contribution is 2.27. The molecule has 1 saturated heterocycles. The third kappa shape index (κ3) is 1.89. The molecule has 1 fully saturated rings. The lowest BCUT2D eigenvalue weighted by Gasteiger charge is -2.10. The first kappa shape index (κ1) is 13.5. The second-order valence-electron chi connectivity index (χ2n) is 5.81. The molecule has 7 heteroatoms. The van der Waals surface area contributed by atoms with E-state index in [0.717, 1.165) is 5.52 Å². The molecule has 2 aromatic heterocycles. The fraction of sp³-hybridized carbons (Fsp3) is 0.333. The van der Waals surface area contributed by atoms with Crippen molar-refractivity contribution in [2.45, 2.75) is 19.4 Å². The fourth-order valence-corrected chi connectivity index (χ4v) is 4.92. The Hall–Kier alpha value is -2.15. The second-order valence-corrected chi connectivity index (χ2v) is 8.04. The molecular formula is C15H15N3O3S. The number of nitrogens with one attached hydrogen (secondary N) is 1. The Labute approximate surface area is 126 Å². The first-order valence-electron chi connectivity index (χ1n) is 7.16. The molecule has 1 N–H and O–H groups in total. The predicted molar refractivity (Wildman–Crippen MR) is 84.9 cm³/mol. The molecule has 22 heavy (non-hydrogen) atoms. The molecule has 0 bridgehead atoms. The van der Waals surface area contributed by atoms with Gasteiger partial charge in [0.1, 0.15) is 5.65 Å². The number of H-pyrrole nitrogens is 1. The lowest BCUT2D eigenvalue weighted by molar-refractivity contribution is 0.509. The molecule has 6 nitrogen and oxygen atoms in total. The molecule has 3 heterocycles. The minimum atomic E-state index is -3.01. The normalized spacial score (nSPS) is 20.9. The summed E-state index contributed by atoms with van der Waals surface area (Å²) in [6.07, 6.45) is 0.535. The number of para-hydroxylation sites is 1. The molecule has 4 rings (SSSR count). The van der Waals surface area contributed by atoms with Gasteiger partial charge in [-0.25, -0.2) is 13.1 Å². The number of aromatic nitrogens is 3. The Kier molecular flexibility index (Phi) is 2.72. The summed E-state index contributed by atoms with van der Waals surface area (Å²) >= 11 is 0. The molecule has 0 unspecified atom stereocenters. The number of hydrogen-bond donors (Lipinski definition) is 1. The lowest BCUT2D eigenvalue weighted by Crippen LogP contribution is -2.13. The van der Waals surface area contributed by atoms with Gasteiger partial charge in [0, 0.05) is 5.39 Å². The minimum Gasteiger partial charge on any atom is -0.339 e. The van der Waals surface area contributed by atoms with Crippen molar-refractivity contribution in [1.82, 2.24) is 14.8 Å². The summed E-state index contributed by atoms with van der Waals surface area (Å²) in [5.74, 6) is 0.258. The quantitative estimate of drug-likeness (QED) is 0.738. The van der Waals surface area contributed by atoms with E-state index >= 15 is 0 Å². The maximum absolute atomic E-state index is 12.7. The lowest BCUT2D eigenvalue weighted by atomic mass is 10.1. The largest absolute Gasteiger partial charge is 0.339 e. The van der Waals surface area contributed by atoms with E-state index in [2.05, 4.69) is 10.1 Å². The number of pyridine rings is 1. The van der Waals surface area contributed by atoms with Crippen LogP contribution in [0.4, 0.5) is 0 Å². The van der Waals surface area contributed by atoms with Crippen LogP contribution in [0.1, 0.15) is 18.2 Å². The zero-order valence-electron chi connectivity index (χ0n) is 12.0. The molecule has 0 radical (unpaired) electrons. The van der Waals surface area contributed by atoms with Crippen LogP contribution in [-0.4, -0.2) is 34.7 Å². The van der Waals surface area contributed by atoms with Crippen LogP contribution in [0.25, 0.3) is 21.9 Å². The highest BCUT2D eigenvalue weighted by molar-refractivity contribution is 7.91. The second kappa shape index (κ2) is 4.42. The van der Waals surface area contributed by atoms with E-state index in [9.17, 15) is 13.2 Å². The number of aryl methyl sites for hydroxylation is 1. The van der Waals surface area contributed by atoms with Gasteiger partial charge in [-0.15, -0.1) is 0 Å². The number of aromatic amines is 1. The number of nitrogens with zero attached hydrogens (tertiary/aromatic N) is 2. The molecule has 1 aliphatic rings. The molecule has 0 aliphatic carbocycles. The summed E-state index contributed by atoms with van der Waals surface area (Å²) in [7, 11) is -3.01. The van der Waals surface area contributed by atoms with Gasteiger partial charge in [-0.2, -0.15) is 5.10 Å². The molecule has 1 aliphatic heterocycles.